The molecule has 0 saturated carbocycles. The monoisotopic (exact) mass is 636 g/mol. The van der Waals surface area contributed by atoms with E-state index in [1.807, 2.05) is 0 Å². The number of aryl methyl sites for hydroxylation is 1. The summed E-state index contributed by atoms with van der Waals surface area (Å²) in [7, 11) is 14.9. The van der Waals surface area contributed by atoms with Crippen LogP contribution in [0.25, 0.3) is 39.5 Å². The van der Waals surface area contributed by atoms with Gasteiger partial charge in [0.05, 0.1) is 0 Å². The average Bonchev–Trinajstić information content (AvgIpc) is 3.50. The molecule has 1 atom stereocenters. The number of fused-ring (bicyclic) bond motifs is 4. The topological polar surface area (TPSA) is 0 Å². The molecule has 7 rings (SSSR count). The van der Waals surface area contributed by atoms with Crippen molar-refractivity contribution in [2.45, 2.75) is 17.5 Å². The summed E-state index contributed by atoms with van der Waals surface area (Å²) in [5, 5.41) is 2.98. The Hall–Kier alpha value is -2.48. The van der Waals surface area contributed by atoms with Gasteiger partial charge in [0.15, 0.2) is 0 Å². The molecule has 0 saturated heterocycles. The summed E-state index contributed by atoms with van der Waals surface area (Å²) < 4.78 is 1.36. The van der Waals surface area contributed by atoms with Crippen molar-refractivity contribution in [3.63, 3.8) is 0 Å². The van der Waals surface area contributed by atoms with Gasteiger partial charge < -0.3 is 0 Å². The second-order valence-corrected chi connectivity index (χ2v) is 26.6. The fourth-order valence-corrected chi connectivity index (χ4v) is 23.9. The summed E-state index contributed by atoms with van der Waals surface area (Å²) in [4.78, 5) is 0. The maximum atomic E-state index is 7.76. The molecule has 0 aromatic heterocycles. The van der Waals surface area contributed by atoms with Crippen LogP contribution in [0.1, 0.15) is 27.2 Å². The van der Waals surface area contributed by atoms with E-state index in [0.29, 0.717) is 0 Å². The van der Waals surface area contributed by atoms with Crippen molar-refractivity contribution in [1.82, 2.24) is 0 Å². The van der Waals surface area contributed by atoms with E-state index in [9.17, 15) is 0 Å². The van der Waals surface area contributed by atoms with Crippen molar-refractivity contribution >= 4 is 46.3 Å². The van der Waals surface area contributed by atoms with Crippen LogP contribution in [0.15, 0.2) is 115 Å². The molecule has 1 aliphatic heterocycles. The van der Waals surface area contributed by atoms with Gasteiger partial charge in [0.1, 0.15) is 0 Å². The van der Waals surface area contributed by atoms with Crippen molar-refractivity contribution < 1.29 is 17.9 Å². The van der Waals surface area contributed by atoms with Gasteiger partial charge in [0.25, 0.3) is 0 Å². The number of hydrogen-bond acceptors (Lipinski definition) is 0. The van der Waals surface area contributed by atoms with Crippen molar-refractivity contribution in [2.75, 3.05) is 0 Å². The first-order chi connectivity index (χ1) is 18.9. The predicted molar refractivity (Wildman–Crippen MR) is 169 cm³/mol. The zero-order chi connectivity index (χ0) is 26.7. The molecule has 1 heterocycles. The number of allylic oxidation sites excluding steroid dienone is 1. The van der Waals surface area contributed by atoms with Gasteiger partial charge in [-0.25, -0.2) is 0 Å². The van der Waals surface area contributed by atoms with Gasteiger partial charge in [0, 0.05) is 0 Å². The summed E-state index contributed by atoms with van der Waals surface area (Å²) >= 11 is -3.95. The van der Waals surface area contributed by atoms with E-state index >= 15 is 0 Å². The Bertz CT molecular complexity index is 1790. The average molecular weight is 639 g/mol. The van der Waals surface area contributed by atoms with Gasteiger partial charge in [-0.3, -0.25) is 0 Å². The fraction of sp³-hybridized carbons (Fsp3) is 0.0857. The number of rotatable bonds is 4. The van der Waals surface area contributed by atoms with Crippen LogP contribution in [0.2, 0.25) is 0 Å². The summed E-state index contributed by atoms with van der Waals surface area (Å²) in [6.07, 6.45) is 2.37. The van der Waals surface area contributed by atoms with E-state index < -0.39 is 27.4 Å². The number of halogens is 2. The van der Waals surface area contributed by atoms with Crippen LogP contribution < -0.4 is 13.6 Å². The first-order valence-electron chi connectivity index (χ1n) is 13.5. The summed E-state index contributed by atoms with van der Waals surface area (Å²) in [6, 6.07) is 39.6. The van der Waals surface area contributed by atoms with Crippen LogP contribution in [0.5, 0.6) is 0 Å². The Morgan fingerprint density at radius 3 is 2.13 bits per heavy atom. The zero-order valence-corrected chi connectivity index (χ0v) is 27.4. The predicted octanol–water partition coefficient (Wildman–Crippen LogP) is 7.67. The van der Waals surface area contributed by atoms with Gasteiger partial charge in [0.2, 0.25) is 0 Å². The molecule has 0 N–H and O–H groups in total. The van der Waals surface area contributed by atoms with Crippen LogP contribution in [0, 0.1) is 6.92 Å². The third kappa shape index (κ3) is 4.11. The van der Waals surface area contributed by atoms with E-state index in [4.69, 9.17) is 17.0 Å². The van der Waals surface area contributed by atoms with Crippen LogP contribution in [0.3, 0.4) is 0 Å². The van der Waals surface area contributed by atoms with Crippen molar-refractivity contribution in [3.8, 4) is 33.4 Å². The first kappa shape index (κ1) is 25.5. The van der Waals surface area contributed by atoms with E-state index in [1.165, 1.54) is 69.3 Å². The Balaban J connectivity index is 1.42. The van der Waals surface area contributed by atoms with Gasteiger partial charge in [-0.05, 0) is 0 Å². The molecule has 0 fully saturated rings. The quantitative estimate of drug-likeness (QED) is 0.174. The zero-order valence-electron chi connectivity index (χ0n) is 22.0. The van der Waals surface area contributed by atoms with Crippen LogP contribution >= 0.6 is 17.0 Å². The Morgan fingerprint density at radius 2 is 1.33 bits per heavy atom. The molecular formula is C35H28Cl2SiZr. The Labute approximate surface area is 244 Å². The molecule has 4 heteroatoms. The molecule has 2 aliphatic rings. The number of benzene rings is 5. The molecule has 5 aromatic rings. The Kier molecular flexibility index (Phi) is 6.44. The first-order valence-corrected chi connectivity index (χ1v) is 23.9. The standard InChI is InChI=1S/C23H19.C12H9Si.2ClH.Zr/c1-16-14-19-12-13-21(18-9-4-3-5-10-18)23(22(19)15-16)20-11-7-6-8-17(20)2;1-3-7-11-9(5-1)10-6-2-4-8-12(10)13-11;;;/h3-15H,1-2H3;1-7H,13H2;2*1H;/q;;;;+2/p-2. The van der Waals surface area contributed by atoms with Crippen LogP contribution in [-0.4, -0.2) is 9.52 Å². The van der Waals surface area contributed by atoms with Crippen molar-refractivity contribution in [3.05, 3.63) is 131 Å². The normalized spacial score (nSPS) is 16.1. The molecule has 190 valence electrons. The molecule has 39 heavy (non-hydrogen) atoms. The third-order valence-corrected chi connectivity index (χ3v) is 23.0. The third-order valence-electron chi connectivity index (χ3n) is 8.49. The molecule has 0 radical (unpaired) electrons. The fourth-order valence-electron chi connectivity index (χ4n) is 6.71. The number of hydrogen-bond donors (Lipinski definition) is 0. The van der Waals surface area contributed by atoms with Gasteiger partial charge in [-0.1, -0.05) is 0 Å². The van der Waals surface area contributed by atoms with E-state index in [-0.39, 0.29) is 3.63 Å². The molecule has 0 spiro atoms. The maximum absolute atomic E-state index is 7.76. The summed E-state index contributed by atoms with van der Waals surface area (Å²) in [5.41, 5.74) is 12.9. The van der Waals surface area contributed by atoms with E-state index in [0.717, 1.165) is 0 Å². The minimum absolute atomic E-state index is 0.0782. The molecule has 0 bridgehead atoms. The van der Waals surface area contributed by atoms with Crippen molar-refractivity contribution in [1.29, 1.82) is 0 Å². The molecule has 1 unspecified atom stereocenters. The second kappa shape index (κ2) is 9.86. The van der Waals surface area contributed by atoms with Gasteiger partial charge in [-0.15, -0.1) is 0 Å². The van der Waals surface area contributed by atoms with Gasteiger partial charge in [-0.2, -0.15) is 0 Å². The molecule has 1 aliphatic carbocycles. The summed E-state index contributed by atoms with van der Waals surface area (Å²) in [6.45, 7) is 4.44. The van der Waals surface area contributed by atoms with Crippen molar-refractivity contribution in [2.24, 2.45) is 0 Å². The molecule has 0 nitrogen and oxygen atoms in total. The molecule has 5 aromatic carbocycles. The molecule has 0 amide bonds. The van der Waals surface area contributed by atoms with E-state index in [1.54, 1.807) is 0 Å². The SMILES string of the molecule is CC1=Cc2c(ccc(-c3ccccc3)c2-c2ccccc2C)[CH]1[Zr]([Cl])([Cl])[c]1cccc2c1[SiH2]c1ccccc1-2. The Morgan fingerprint density at radius 1 is 0.641 bits per heavy atom. The van der Waals surface area contributed by atoms with E-state index in [2.05, 4.69) is 129 Å². The minimum atomic E-state index is -3.95. The second-order valence-electron chi connectivity index (χ2n) is 10.8. The van der Waals surface area contributed by atoms with Gasteiger partial charge >= 0.3 is 246 Å². The summed E-state index contributed by atoms with van der Waals surface area (Å²) in [5.74, 6) is 0. The van der Waals surface area contributed by atoms with Crippen LogP contribution in [-0.2, 0) is 17.9 Å². The van der Waals surface area contributed by atoms with Crippen LogP contribution in [0.4, 0.5) is 0 Å². The molecular weight excluding hydrogens is 611 g/mol.